The van der Waals surface area contributed by atoms with Gasteiger partial charge in [0.05, 0.1) is 6.61 Å². The van der Waals surface area contributed by atoms with Crippen molar-refractivity contribution in [2.45, 2.75) is 27.2 Å². The van der Waals surface area contributed by atoms with Gasteiger partial charge in [-0.2, -0.15) is 0 Å². The minimum Gasteiger partial charge on any atom is -0.449 e. The van der Waals surface area contributed by atoms with Crippen LogP contribution in [0.5, 0.6) is 0 Å². The largest absolute Gasteiger partial charge is 0.449 e. The Kier molecular flexibility index (Phi) is 5.46. The van der Waals surface area contributed by atoms with Crippen molar-refractivity contribution >= 4 is 6.09 Å². The lowest BCUT2D eigenvalue weighted by atomic mass is 9.99. The van der Waals surface area contributed by atoms with Gasteiger partial charge in [0, 0.05) is 6.54 Å². The van der Waals surface area contributed by atoms with Crippen LogP contribution in [0.3, 0.4) is 0 Å². The maximum atomic E-state index is 11.0. The van der Waals surface area contributed by atoms with Gasteiger partial charge in [0.25, 0.3) is 0 Å². The molecule has 4 nitrogen and oxygen atoms in total. The van der Waals surface area contributed by atoms with Crippen LogP contribution in [0.15, 0.2) is 0 Å². The van der Waals surface area contributed by atoms with Crippen molar-refractivity contribution in [1.82, 2.24) is 5.32 Å². The SMILES string of the molecule is CC(C)(C)COC(=O)NCCCN. The Morgan fingerprint density at radius 1 is 1.46 bits per heavy atom. The van der Waals surface area contributed by atoms with Gasteiger partial charge in [-0.05, 0) is 18.4 Å². The van der Waals surface area contributed by atoms with E-state index in [-0.39, 0.29) is 11.5 Å². The molecule has 0 heterocycles. The minimum atomic E-state index is -0.358. The third-order valence-corrected chi connectivity index (χ3v) is 1.29. The lowest BCUT2D eigenvalue weighted by Crippen LogP contribution is -2.29. The van der Waals surface area contributed by atoms with E-state index in [0.29, 0.717) is 19.7 Å². The van der Waals surface area contributed by atoms with Crippen LogP contribution in [0.2, 0.25) is 0 Å². The molecule has 0 unspecified atom stereocenters. The van der Waals surface area contributed by atoms with Crippen molar-refractivity contribution < 1.29 is 9.53 Å². The summed E-state index contributed by atoms with van der Waals surface area (Å²) in [7, 11) is 0. The van der Waals surface area contributed by atoms with Gasteiger partial charge >= 0.3 is 6.09 Å². The average molecular weight is 188 g/mol. The molecule has 0 rings (SSSR count). The van der Waals surface area contributed by atoms with E-state index in [9.17, 15) is 4.79 Å². The highest BCUT2D eigenvalue weighted by Gasteiger charge is 2.12. The van der Waals surface area contributed by atoms with E-state index in [1.807, 2.05) is 20.8 Å². The molecule has 0 aromatic rings. The lowest BCUT2D eigenvalue weighted by Gasteiger charge is -2.17. The normalized spacial score (nSPS) is 11.1. The molecular weight excluding hydrogens is 168 g/mol. The summed E-state index contributed by atoms with van der Waals surface area (Å²) in [5, 5.41) is 2.62. The second-order valence-corrected chi connectivity index (χ2v) is 4.21. The Morgan fingerprint density at radius 2 is 2.08 bits per heavy atom. The molecule has 0 spiro atoms. The summed E-state index contributed by atoms with van der Waals surface area (Å²) in [4.78, 5) is 11.0. The maximum absolute atomic E-state index is 11.0. The number of nitrogens with two attached hydrogens (primary N) is 1. The molecule has 0 bridgehead atoms. The van der Waals surface area contributed by atoms with Crippen molar-refractivity contribution in [1.29, 1.82) is 0 Å². The van der Waals surface area contributed by atoms with Gasteiger partial charge in [-0.1, -0.05) is 20.8 Å². The van der Waals surface area contributed by atoms with Crippen LogP contribution in [0.25, 0.3) is 0 Å². The van der Waals surface area contributed by atoms with Crippen LogP contribution in [0, 0.1) is 5.41 Å². The third kappa shape index (κ3) is 9.14. The quantitative estimate of drug-likeness (QED) is 0.649. The highest BCUT2D eigenvalue weighted by Crippen LogP contribution is 2.12. The van der Waals surface area contributed by atoms with Gasteiger partial charge < -0.3 is 15.8 Å². The van der Waals surface area contributed by atoms with E-state index < -0.39 is 0 Å². The van der Waals surface area contributed by atoms with E-state index >= 15 is 0 Å². The average Bonchev–Trinajstić information content (AvgIpc) is 2.00. The molecule has 0 aliphatic rings. The highest BCUT2D eigenvalue weighted by atomic mass is 16.5. The van der Waals surface area contributed by atoms with Crippen molar-refractivity contribution in [2.75, 3.05) is 19.7 Å². The number of hydrogen-bond donors (Lipinski definition) is 2. The van der Waals surface area contributed by atoms with Crippen LogP contribution in [0.4, 0.5) is 4.79 Å². The third-order valence-electron chi connectivity index (χ3n) is 1.29. The number of alkyl carbamates (subject to hydrolysis) is 1. The first kappa shape index (κ1) is 12.2. The van der Waals surface area contributed by atoms with Crippen molar-refractivity contribution in [2.24, 2.45) is 11.1 Å². The Balaban J connectivity index is 3.41. The van der Waals surface area contributed by atoms with Crippen molar-refractivity contribution in [3.05, 3.63) is 0 Å². The molecule has 3 N–H and O–H groups in total. The van der Waals surface area contributed by atoms with Crippen LogP contribution >= 0.6 is 0 Å². The Hall–Kier alpha value is -0.770. The predicted octanol–water partition coefficient (Wildman–Crippen LogP) is 1.11. The smallest absolute Gasteiger partial charge is 0.407 e. The molecule has 0 aliphatic heterocycles. The van der Waals surface area contributed by atoms with Crippen LogP contribution in [0.1, 0.15) is 27.2 Å². The summed E-state index contributed by atoms with van der Waals surface area (Å²) in [6.45, 7) is 7.64. The van der Waals surface area contributed by atoms with E-state index in [0.717, 1.165) is 6.42 Å². The second kappa shape index (κ2) is 5.80. The zero-order chi connectivity index (χ0) is 10.3. The van der Waals surface area contributed by atoms with Crippen LogP contribution in [-0.4, -0.2) is 25.8 Å². The summed E-state index contributed by atoms with van der Waals surface area (Å²) >= 11 is 0. The number of carbonyl (C=O) groups excluding carboxylic acids is 1. The highest BCUT2D eigenvalue weighted by molar-refractivity contribution is 5.67. The Bertz CT molecular complexity index is 152. The lowest BCUT2D eigenvalue weighted by molar-refractivity contribution is 0.106. The molecule has 0 aromatic heterocycles. The molecule has 0 fully saturated rings. The van der Waals surface area contributed by atoms with Gasteiger partial charge in [0.2, 0.25) is 0 Å². The molecule has 13 heavy (non-hydrogen) atoms. The monoisotopic (exact) mass is 188 g/mol. The molecule has 4 heteroatoms. The predicted molar refractivity (Wildman–Crippen MR) is 52.5 cm³/mol. The summed E-state index contributed by atoms with van der Waals surface area (Å²) in [6, 6.07) is 0. The fourth-order valence-corrected chi connectivity index (χ4v) is 0.626. The number of ether oxygens (including phenoxy) is 1. The van der Waals surface area contributed by atoms with E-state index in [1.54, 1.807) is 0 Å². The Labute approximate surface area is 79.8 Å². The summed E-state index contributed by atoms with van der Waals surface area (Å²) in [5.41, 5.74) is 5.28. The minimum absolute atomic E-state index is 0.0191. The van der Waals surface area contributed by atoms with Gasteiger partial charge in [-0.25, -0.2) is 4.79 Å². The summed E-state index contributed by atoms with van der Waals surface area (Å²) in [6.07, 6.45) is 0.424. The first-order chi connectivity index (χ1) is 5.95. The molecule has 78 valence electrons. The maximum Gasteiger partial charge on any atom is 0.407 e. The summed E-state index contributed by atoms with van der Waals surface area (Å²) < 4.78 is 4.96. The molecule has 0 atom stereocenters. The van der Waals surface area contributed by atoms with Gasteiger partial charge in [0.1, 0.15) is 0 Å². The zero-order valence-corrected chi connectivity index (χ0v) is 8.72. The summed E-state index contributed by atoms with van der Waals surface area (Å²) in [5.74, 6) is 0. The second-order valence-electron chi connectivity index (χ2n) is 4.21. The van der Waals surface area contributed by atoms with Crippen LogP contribution < -0.4 is 11.1 Å². The first-order valence-corrected chi connectivity index (χ1v) is 4.56. The first-order valence-electron chi connectivity index (χ1n) is 4.56. The van der Waals surface area contributed by atoms with Gasteiger partial charge in [-0.3, -0.25) is 0 Å². The molecule has 0 radical (unpaired) electrons. The number of nitrogens with one attached hydrogen (secondary N) is 1. The van der Waals surface area contributed by atoms with Gasteiger partial charge in [0.15, 0.2) is 0 Å². The number of amides is 1. The molecule has 1 amide bonds. The molecule has 0 aliphatic carbocycles. The van der Waals surface area contributed by atoms with Crippen molar-refractivity contribution in [3.63, 3.8) is 0 Å². The number of rotatable bonds is 4. The van der Waals surface area contributed by atoms with E-state index in [4.69, 9.17) is 10.5 Å². The molecule has 0 saturated heterocycles. The number of hydrogen-bond acceptors (Lipinski definition) is 3. The van der Waals surface area contributed by atoms with Crippen LogP contribution in [-0.2, 0) is 4.74 Å². The van der Waals surface area contributed by atoms with Crippen molar-refractivity contribution in [3.8, 4) is 0 Å². The van der Waals surface area contributed by atoms with Gasteiger partial charge in [-0.15, -0.1) is 0 Å². The zero-order valence-electron chi connectivity index (χ0n) is 8.72. The molecule has 0 aromatic carbocycles. The molecular formula is C9H20N2O2. The Morgan fingerprint density at radius 3 is 2.54 bits per heavy atom. The van der Waals surface area contributed by atoms with E-state index in [2.05, 4.69) is 5.32 Å². The van der Waals surface area contributed by atoms with E-state index in [1.165, 1.54) is 0 Å². The number of carbonyl (C=O) groups is 1. The molecule has 0 saturated carbocycles. The standard InChI is InChI=1S/C9H20N2O2/c1-9(2,3)7-13-8(12)11-6-4-5-10/h4-7,10H2,1-3H3,(H,11,12). The topological polar surface area (TPSA) is 64.3 Å². The fraction of sp³-hybridized carbons (Fsp3) is 0.889. The fourth-order valence-electron chi connectivity index (χ4n) is 0.626.